The van der Waals surface area contributed by atoms with Gasteiger partial charge in [0.1, 0.15) is 5.69 Å². The minimum atomic E-state index is -0.966. The first-order chi connectivity index (χ1) is 9.17. The van der Waals surface area contributed by atoms with E-state index in [9.17, 15) is 9.59 Å². The quantitative estimate of drug-likeness (QED) is 0.654. The number of aromatic nitrogens is 2. The molecule has 6 heteroatoms. The number of nitrogens with zero attached hydrogens (tertiary/aromatic N) is 3. The van der Waals surface area contributed by atoms with E-state index in [1.165, 1.54) is 4.90 Å². The Balaban J connectivity index is 2.26. The van der Waals surface area contributed by atoms with E-state index < -0.39 is 6.09 Å². The number of amides is 1. The summed E-state index contributed by atoms with van der Waals surface area (Å²) < 4.78 is 1.63. The second-order valence-electron chi connectivity index (χ2n) is 4.28. The van der Waals surface area contributed by atoms with Crippen molar-refractivity contribution in [1.29, 1.82) is 0 Å². The molecule has 0 aromatic carbocycles. The van der Waals surface area contributed by atoms with Gasteiger partial charge in [-0.3, -0.25) is 9.48 Å². The topological polar surface area (TPSA) is 75.4 Å². The summed E-state index contributed by atoms with van der Waals surface area (Å²) in [4.78, 5) is 23.5. The van der Waals surface area contributed by atoms with Gasteiger partial charge in [-0.25, -0.2) is 4.79 Å². The molecule has 1 aliphatic heterocycles. The summed E-state index contributed by atoms with van der Waals surface area (Å²) in [5.41, 5.74) is 2.02. The Morgan fingerprint density at radius 1 is 1.58 bits per heavy atom. The van der Waals surface area contributed by atoms with Crippen molar-refractivity contribution in [2.45, 2.75) is 32.9 Å². The van der Waals surface area contributed by atoms with Crippen LogP contribution in [-0.4, -0.2) is 38.7 Å². The first-order valence-electron chi connectivity index (χ1n) is 6.08. The molecule has 2 heterocycles. The van der Waals surface area contributed by atoms with E-state index in [0.29, 0.717) is 31.6 Å². The summed E-state index contributed by atoms with van der Waals surface area (Å²) >= 11 is 0. The lowest BCUT2D eigenvalue weighted by Gasteiger charge is -2.23. The van der Waals surface area contributed by atoms with Crippen molar-refractivity contribution < 1.29 is 14.7 Å². The molecule has 0 radical (unpaired) electrons. The molecule has 0 saturated carbocycles. The van der Waals surface area contributed by atoms with Gasteiger partial charge in [0.05, 0.1) is 18.8 Å². The Labute approximate surface area is 111 Å². The van der Waals surface area contributed by atoms with Crippen molar-refractivity contribution >= 4 is 12.4 Å². The molecule has 0 saturated heterocycles. The van der Waals surface area contributed by atoms with Gasteiger partial charge < -0.3 is 10.0 Å². The lowest BCUT2D eigenvalue weighted by molar-refractivity contribution is 0.110. The van der Waals surface area contributed by atoms with Crippen molar-refractivity contribution in [2.75, 3.05) is 6.54 Å². The van der Waals surface area contributed by atoms with Crippen molar-refractivity contribution in [1.82, 2.24) is 14.7 Å². The van der Waals surface area contributed by atoms with Gasteiger partial charge in [-0.2, -0.15) is 5.10 Å². The lowest BCUT2D eigenvalue weighted by atomic mass is 10.1. The molecule has 0 bridgehead atoms. The summed E-state index contributed by atoms with van der Waals surface area (Å²) in [7, 11) is 0. The highest BCUT2D eigenvalue weighted by molar-refractivity contribution is 5.76. The van der Waals surface area contributed by atoms with Gasteiger partial charge in [-0.1, -0.05) is 0 Å². The van der Waals surface area contributed by atoms with Crippen LogP contribution in [0.15, 0.2) is 0 Å². The monoisotopic (exact) mass is 261 g/mol. The molecule has 100 valence electrons. The molecule has 6 nitrogen and oxygen atoms in total. The third-order valence-electron chi connectivity index (χ3n) is 3.15. The van der Waals surface area contributed by atoms with Crippen LogP contribution in [0.2, 0.25) is 0 Å². The predicted octanol–water partition coefficient (Wildman–Crippen LogP) is 1.15. The first-order valence-corrected chi connectivity index (χ1v) is 6.08. The molecule has 0 atom stereocenters. The highest BCUT2D eigenvalue weighted by Gasteiger charge is 2.26. The number of carbonyl (C=O) groups excluding carboxylic acids is 1. The van der Waals surface area contributed by atoms with Crippen molar-refractivity contribution in [3.05, 3.63) is 17.0 Å². The Bertz CT molecular complexity index is 566. The number of carbonyl (C=O) groups is 2. The summed E-state index contributed by atoms with van der Waals surface area (Å²) in [6.45, 7) is 2.97. The molecule has 0 unspecified atom stereocenters. The highest BCUT2D eigenvalue weighted by Crippen LogP contribution is 2.21. The molecule has 1 N–H and O–H groups in total. The molecule has 0 fully saturated rings. The summed E-state index contributed by atoms with van der Waals surface area (Å²) in [5.74, 6) is 5.72. The van der Waals surface area contributed by atoms with E-state index in [2.05, 4.69) is 16.9 Å². The molecule has 1 amide bonds. The van der Waals surface area contributed by atoms with Crippen molar-refractivity contribution in [2.24, 2.45) is 0 Å². The largest absolute Gasteiger partial charge is 0.465 e. The number of fused-ring (bicyclic) bond motifs is 1. The van der Waals surface area contributed by atoms with E-state index in [-0.39, 0.29) is 6.54 Å². The van der Waals surface area contributed by atoms with E-state index in [1.54, 1.807) is 11.6 Å². The number of carboxylic acid groups (broad SMARTS) is 1. The van der Waals surface area contributed by atoms with Gasteiger partial charge >= 0.3 is 6.09 Å². The van der Waals surface area contributed by atoms with E-state index in [1.807, 2.05) is 0 Å². The summed E-state index contributed by atoms with van der Waals surface area (Å²) in [5, 5.41) is 13.4. The standard InChI is InChI=1S/C13H15N3O3/c1-2-3-4-6-16-12(9-17)10-8-15(13(18)19)7-5-11(10)14-16/h9H,4-8H2,1H3,(H,18,19). The smallest absolute Gasteiger partial charge is 0.407 e. The molecule has 1 aliphatic rings. The maximum atomic E-state index is 11.2. The van der Waals surface area contributed by atoms with Crippen LogP contribution in [0.4, 0.5) is 4.79 Å². The number of rotatable bonds is 3. The van der Waals surface area contributed by atoms with Crippen LogP contribution >= 0.6 is 0 Å². The number of aryl methyl sites for hydroxylation is 1. The molecule has 2 rings (SSSR count). The van der Waals surface area contributed by atoms with Crippen LogP contribution in [-0.2, 0) is 19.5 Å². The van der Waals surface area contributed by atoms with E-state index in [0.717, 1.165) is 17.5 Å². The predicted molar refractivity (Wildman–Crippen MR) is 67.8 cm³/mol. The van der Waals surface area contributed by atoms with Crippen molar-refractivity contribution in [3.63, 3.8) is 0 Å². The highest BCUT2D eigenvalue weighted by atomic mass is 16.4. The molecule has 1 aromatic rings. The second kappa shape index (κ2) is 5.57. The van der Waals surface area contributed by atoms with Crippen LogP contribution in [0, 0.1) is 11.8 Å². The number of hydrogen-bond acceptors (Lipinski definition) is 3. The molecular formula is C13H15N3O3. The number of hydrogen-bond donors (Lipinski definition) is 1. The Kier molecular flexibility index (Phi) is 3.85. The Morgan fingerprint density at radius 3 is 3.00 bits per heavy atom. The van der Waals surface area contributed by atoms with Gasteiger partial charge in [-0.15, -0.1) is 11.8 Å². The SMILES string of the molecule is CC#CCCn1nc2c(c1C=O)CN(C(=O)O)CC2. The maximum Gasteiger partial charge on any atom is 0.407 e. The molecule has 19 heavy (non-hydrogen) atoms. The van der Waals surface area contributed by atoms with E-state index >= 15 is 0 Å². The van der Waals surface area contributed by atoms with Gasteiger partial charge in [-0.05, 0) is 6.92 Å². The fraction of sp³-hybridized carbons (Fsp3) is 0.462. The zero-order valence-electron chi connectivity index (χ0n) is 10.7. The maximum absolute atomic E-state index is 11.2. The average Bonchev–Trinajstić information content (AvgIpc) is 2.75. The van der Waals surface area contributed by atoms with Gasteiger partial charge in [0, 0.05) is 24.9 Å². The zero-order valence-corrected chi connectivity index (χ0v) is 10.7. The number of aldehydes is 1. The normalized spacial score (nSPS) is 13.4. The summed E-state index contributed by atoms with van der Waals surface area (Å²) in [6.07, 6.45) is 0.957. The third kappa shape index (κ3) is 2.60. The van der Waals surface area contributed by atoms with Crippen LogP contribution in [0.5, 0.6) is 0 Å². The average molecular weight is 261 g/mol. The van der Waals surface area contributed by atoms with Crippen molar-refractivity contribution in [3.8, 4) is 11.8 Å². The molecule has 0 spiro atoms. The van der Waals surface area contributed by atoms with E-state index in [4.69, 9.17) is 5.11 Å². The third-order valence-corrected chi connectivity index (χ3v) is 3.15. The first kappa shape index (κ1) is 13.1. The molecule has 1 aromatic heterocycles. The fourth-order valence-corrected chi connectivity index (χ4v) is 2.20. The molecule has 0 aliphatic carbocycles. The van der Waals surface area contributed by atoms with Crippen LogP contribution in [0.25, 0.3) is 0 Å². The van der Waals surface area contributed by atoms with Crippen LogP contribution < -0.4 is 0 Å². The van der Waals surface area contributed by atoms with Crippen LogP contribution in [0.3, 0.4) is 0 Å². The minimum Gasteiger partial charge on any atom is -0.465 e. The Hall–Kier alpha value is -2.29. The lowest BCUT2D eigenvalue weighted by Crippen LogP contribution is -2.34. The molecular weight excluding hydrogens is 246 g/mol. The zero-order chi connectivity index (χ0) is 13.8. The summed E-state index contributed by atoms with van der Waals surface area (Å²) in [6, 6.07) is 0. The van der Waals surface area contributed by atoms with Gasteiger partial charge in [0.25, 0.3) is 0 Å². The van der Waals surface area contributed by atoms with Gasteiger partial charge in [0.15, 0.2) is 6.29 Å². The minimum absolute atomic E-state index is 0.234. The fourth-order valence-electron chi connectivity index (χ4n) is 2.20. The second-order valence-corrected chi connectivity index (χ2v) is 4.28. The van der Waals surface area contributed by atoms with Gasteiger partial charge in [0.2, 0.25) is 0 Å². The Morgan fingerprint density at radius 2 is 2.37 bits per heavy atom. The van der Waals surface area contributed by atoms with Crippen LogP contribution in [0.1, 0.15) is 35.1 Å².